The molecule has 2 aromatic heterocycles. The molecule has 4 rings (SSSR count). The highest BCUT2D eigenvalue weighted by Gasteiger charge is 2.37. The first-order chi connectivity index (χ1) is 14.5. The van der Waals surface area contributed by atoms with Crippen molar-refractivity contribution in [1.29, 1.82) is 0 Å². The molecule has 4 aromatic rings. The lowest BCUT2D eigenvalue weighted by atomic mass is 9.94. The monoisotopic (exact) mass is 437 g/mol. The third-order valence-electron chi connectivity index (χ3n) is 5.13. The number of fused-ring (bicyclic) bond motifs is 2. The summed E-state index contributed by atoms with van der Waals surface area (Å²) in [7, 11) is 0. The van der Waals surface area contributed by atoms with Crippen molar-refractivity contribution in [3.05, 3.63) is 71.4 Å². The van der Waals surface area contributed by atoms with Crippen molar-refractivity contribution in [3.8, 4) is 0 Å². The van der Waals surface area contributed by atoms with E-state index < -0.39 is 35.0 Å². The van der Waals surface area contributed by atoms with Crippen molar-refractivity contribution >= 4 is 27.6 Å². The second kappa shape index (κ2) is 7.47. The van der Waals surface area contributed by atoms with E-state index in [1.165, 1.54) is 12.1 Å². The van der Waals surface area contributed by atoms with E-state index in [1.807, 2.05) is 30.3 Å². The number of nitrogens with one attached hydrogen (secondary N) is 2. The van der Waals surface area contributed by atoms with Gasteiger partial charge in [-0.3, -0.25) is 0 Å². The van der Waals surface area contributed by atoms with E-state index in [4.69, 9.17) is 0 Å². The molecule has 0 spiro atoms. The van der Waals surface area contributed by atoms with E-state index in [2.05, 4.69) is 15.3 Å². The SMILES string of the molecule is CC(CNc1cc2ccccc2[nH]1)c1cc(C(F)(F)F)nc2c(C(F)(F)F)cccc12. The van der Waals surface area contributed by atoms with E-state index in [9.17, 15) is 26.3 Å². The van der Waals surface area contributed by atoms with Crippen molar-refractivity contribution in [3.63, 3.8) is 0 Å². The Morgan fingerprint density at radius 2 is 1.68 bits per heavy atom. The molecule has 2 aromatic carbocycles. The predicted molar refractivity (Wildman–Crippen MR) is 107 cm³/mol. The number of aromatic nitrogens is 2. The van der Waals surface area contributed by atoms with Gasteiger partial charge in [-0.05, 0) is 35.7 Å². The highest BCUT2D eigenvalue weighted by atomic mass is 19.4. The van der Waals surface area contributed by atoms with Gasteiger partial charge in [-0.1, -0.05) is 37.3 Å². The second-order valence-electron chi connectivity index (χ2n) is 7.35. The third kappa shape index (κ3) is 4.17. The normalized spacial score (nSPS) is 13.6. The Kier molecular flexibility index (Phi) is 5.07. The van der Waals surface area contributed by atoms with Crippen molar-refractivity contribution in [2.45, 2.75) is 25.2 Å². The molecule has 0 bridgehead atoms. The molecule has 1 unspecified atom stereocenters. The van der Waals surface area contributed by atoms with Crippen LogP contribution in [0.1, 0.15) is 29.7 Å². The lowest BCUT2D eigenvalue weighted by Crippen LogP contribution is -2.16. The van der Waals surface area contributed by atoms with Gasteiger partial charge >= 0.3 is 12.4 Å². The van der Waals surface area contributed by atoms with E-state index in [0.29, 0.717) is 5.82 Å². The van der Waals surface area contributed by atoms with E-state index in [1.54, 1.807) is 6.92 Å². The van der Waals surface area contributed by atoms with Crippen molar-refractivity contribution in [1.82, 2.24) is 9.97 Å². The molecule has 0 radical (unpaired) electrons. The summed E-state index contributed by atoms with van der Waals surface area (Å²) in [5.74, 6) is 0.139. The maximum atomic E-state index is 13.4. The van der Waals surface area contributed by atoms with Gasteiger partial charge in [0.05, 0.1) is 11.1 Å². The fourth-order valence-corrected chi connectivity index (χ4v) is 3.60. The number of benzene rings is 2. The minimum Gasteiger partial charge on any atom is -0.371 e. The minimum absolute atomic E-state index is 0.0498. The molecule has 0 fully saturated rings. The number of rotatable bonds is 4. The molecule has 3 nitrogen and oxygen atoms in total. The number of nitrogens with zero attached hydrogens (tertiary/aromatic N) is 1. The van der Waals surface area contributed by atoms with Crippen LogP contribution in [0.4, 0.5) is 32.2 Å². The molecule has 2 heterocycles. The zero-order chi connectivity index (χ0) is 22.4. The minimum atomic E-state index is -4.87. The van der Waals surface area contributed by atoms with Gasteiger partial charge in [0.25, 0.3) is 0 Å². The molecular formula is C22H17F6N3. The lowest BCUT2D eigenvalue weighted by Gasteiger charge is -2.19. The molecule has 162 valence electrons. The average molecular weight is 437 g/mol. The van der Waals surface area contributed by atoms with Crippen LogP contribution >= 0.6 is 0 Å². The molecule has 0 amide bonds. The summed E-state index contributed by atoms with van der Waals surface area (Å²) in [5, 5.41) is 4.13. The fourth-order valence-electron chi connectivity index (χ4n) is 3.60. The Morgan fingerprint density at radius 3 is 2.35 bits per heavy atom. The summed E-state index contributed by atoms with van der Waals surface area (Å²) < 4.78 is 80.4. The third-order valence-corrected chi connectivity index (χ3v) is 5.13. The van der Waals surface area contributed by atoms with E-state index in [0.717, 1.165) is 23.0 Å². The van der Waals surface area contributed by atoms with Gasteiger partial charge in [0.1, 0.15) is 11.5 Å². The number of hydrogen-bond acceptors (Lipinski definition) is 2. The number of H-pyrrole nitrogens is 1. The Balaban J connectivity index is 1.74. The van der Waals surface area contributed by atoms with Gasteiger partial charge in [0.15, 0.2) is 0 Å². The van der Waals surface area contributed by atoms with Gasteiger partial charge in [0.2, 0.25) is 0 Å². The van der Waals surface area contributed by atoms with E-state index in [-0.39, 0.29) is 17.5 Å². The first kappa shape index (κ1) is 21.0. The Morgan fingerprint density at radius 1 is 0.935 bits per heavy atom. The van der Waals surface area contributed by atoms with Gasteiger partial charge < -0.3 is 10.3 Å². The Labute approximate surface area is 173 Å². The van der Waals surface area contributed by atoms with Crippen LogP contribution in [0, 0.1) is 0 Å². The topological polar surface area (TPSA) is 40.7 Å². The smallest absolute Gasteiger partial charge is 0.371 e. The quantitative estimate of drug-likeness (QED) is 0.339. The van der Waals surface area contributed by atoms with Crippen LogP contribution in [0.25, 0.3) is 21.8 Å². The summed E-state index contributed by atoms with van der Waals surface area (Å²) in [6.45, 7) is 1.87. The summed E-state index contributed by atoms with van der Waals surface area (Å²) in [5.41, 5.74) is -2.19. The maximum absolute atomic E-state index is 13.4. The van der Waals surface area contributed by atoms with E-state index >= 15 is 0 Å². The molecule has 9 heteroatoms. The number of hydrogen-bond donors (Lipinski definition) is 2. The summed E-state index contributed by atoms with van der Waals surface area (Å²) in [4.78, 5) is 6.48. The first-order valence-electron chi connectivity index (χ1n) is 9.44. The van der Waals surface area contributed by atoms with Gasteiger partial charge in [-0.25, -0.2) is 4.98 Å². The summed E-state index contributed by atoms with van der Waals surface area (Å²) in [6.07, 6.45) is -9.69. The fraction of sp³-hybridized carbons (Fsp3) is 0.227. The number of alkyl halides is 6. The van der Waals surface area contributed by atoms with Crippen LogP contribution in [-0.2, 0) is 12.4 Å². The number of halogens is 6. The number of anilines is 1. The summed E-state index contributed by atoms with van der Waals surface area (Å²) in [6, 6.07) is 13.5. The molecule has 0 aliphatic carbocycles. The molecule has 0 aliphatic rings. The second-order valence-corrected chi connectivity index (χ2v) is 7.35. The van der Waals surface area contributed by atoms with Crippen LogP contribution in [0.15, 0.2) is 54.6 Å². The van der Waals surface area contributed by atoms with Gasteiger partial charge in [-0.15, -0.1) is 0 Å². The molecule has 0 saturated carbocycles. The highest BCUT2D eigenvalue weighted by Crippen LogP contribution is 2.39. The molecule has 0 saturated heterocycles. The predicted octanol–water partition coefficient (Wildman–Crippen LogP) is 6.97. The largest absolute Gasteiger partial charge is 0.433 e. The molecule has 0 aliphatic heterocycles. The number of para-hydroxylation sites is 2. The standard InChI is InChI=1S/C22H17F6N3/c1-12(11-29-19-9-13-5-2-3-8-17(13)30-19)15-10-18(22(26,27)28)31-20-14(15)6-4-7-16(20)21(23,24)25/h2-10,12,29-30H,11H2,1H3. The highest BCUT2D eigenvalue weighted by molar-refractivity contribution is 5.87. The molecular weight excluding hydrogens is 420 g/mol. The van der Waals surface area contributed by atoms with Crippen molar-refractivity contribution in [2.24, 2.45) is 0 Å². The van der Waals surface area contributed by atoms with Crippen molar-refractivity contribution < 1.29 is 26.3 Å². The van der Waals surface area contributed by atoms with Crippen LogP contribution in [-0.4, -0.2) is 16.5 Å². The van der Waals surface area contributed by atoms with Gasteiger partial charge in [0, 0.05) is 22.8 Å². The molecule has 2 N–H and O–H groups in total. The van der Waals surface area contributed by atoms with Gasteiger partial charge in [-0.2, -0.15) is 26.3 Å². The van der Waals surface area contributed by atoms with Crippen LogP contribution in [0.2, 0.25) is 0 Å². The lowest BCUT2D eigenvalue weighted by molar-refractivity contribution is -0.142. The van der Waals surface area contributed by atoms with Crippen LogP contribution < -0.4 is 5.32 Å². The van der Waals surface area contributed by atoms with Crippen molar-refractivity contribution in [2.75, 3.05) is 11.9 Å². The zero-order valence-corrected chi connectivity index (χ0v) is 16.2. The summed E-state index contributed by atoms with van der Waals surface area (Å²) >= 11 is 0. The van der Waals surface area contributed by atoms with Crippen LogP contribution in [0.5, 0.6) is 0 Å². The number of pyridine rings is 1. The first-order valence-corrected chi connectivity index (χ1v) is 9.44. The molecule has 1 atom stereocenters. The molecule has 31 heavy (non-hydrogen) atoms. The average Bonchev–Trinajstić information content (AvgIpc) is 3.12. The van der Waals surface area contributed by atoms with Crippen LogP contribution in [0.3, 0.4) is 0 Å². The maximum Gasteiger partial charge on any atom is 0.433 e. The Bertz CT molecular complexity index is 1210. The zero-order valence-electron chi connectivity index (χ0n) is 16.2. The Hall–Kier alpha value is -3.23. The number of aromatic amines is 1.